The van der Waals surface area contributed by atoms with Gasteiger partial charge in [0.05, 0.1) is 6.04 Å². The lowest BCUT2D eigenvalue weighted by Gasteiger charge is -2.20. The zero-order valence-corrected chi connectivity index (χ0v) is 9.80. The fraction of sp³-hybridized carbons (Fsp3) is 0.778. The molecule has 0 bridgehead atoms. The van der Waals surface area contributed by atoms with Crippen molar-refractivity contribution >= 4 is 12.0 Å². The number of carbonyl (C=O) groups excluding carboxylic acids is 2. The average Bonchev–Trinajstić information content (AvgIpc) is 2.10. The van der Waals surface area contributed by atoms with Gasteiger partial charge in [-0.1, -0.05) is 0 Å². The molecular formula is C9H19N3O3. The molecule has 0 aliphatic carbocycles. The van der Waals surface area contributed by atoms with E-state index in [1.54, 1.807) is 34.7 Å². The molecule has 0 saturated carbocycles. The topological polar surface area (TPSA) is 79.5 Å². The molecule has 0 aromatic rings. The summed E-state index contributed by atoms with van der Waals surface area (Å²) >= 11 is 0. The molecule has 0 rings (SSSR count). The van der Waals surface area contributed by atoms with Crippen LogP contribution in [-0.4, -0.2) is 30.7 Å². The van der Waals surface area contributed by atoms with E-state index in [1.165, 1.54) is 0 Å². The maximum absolute atomic E-state index is 11.2. The van der Waals surface area contributed by atoms with Crippen LogP contribution in [0.25, 0.3) is 0 Å². The molecule has 2 amide bonds. The number of rotatable bonds is 2. The van der Waals surface area contributed by atoms with Crippen LogP contribution in [0.3, 0.4) is 0 Å². The Morgan fingerprint density at radius 3 is 2.13 bits per heavy atom. The third-order valence-corrected chi connectivity index (χ3v) is 1.51. The van der Waals surface area contributed by atoms with E-state index < -0.39 is 11.7 Å². The summed E-state index contributed by atoms with van der Waals surface area (Å²) in [6.45, 7) is 6.89. The molecule has 0 aromatic carbocycles. The van der Waals surface area contributed by atoms with Crippen LogP contribution in [0.1, 0.15) is 27.7 Å². The molecule has 6 nitrogen and oxygen atoms in total. The highest BCUT2D eigenvalue weighted by molar-refractivity contribution is 5.83. The second-order valence-corrected chi connectivity index (χ2v) is 4.13. The molecule has 0 aliphatic rings. The highest BCUT2D eigenvalue weighted by atomic mass is 16.6. The molecule has 0 saturated heterocycles. The predicted octanol–water partition coefficient (Wildman–Crippen LogP) is 0.150. The summed E-state index contributed by atoms with van der Waals surface area (Å²) in [6.07, 6.45) is -0.681. The number of ether oxygens (including phenoxy) is 1. The Morgan fingerprint density at radius 1 is 1.20 bits per heavy atom. The maximum Gasteiger partial charge on any atom is 0.426 e. The fourth-order valence-corrected chi connectivity index (χ4v) is 0.656. The van der Waals surface area contributed by atoms with Gasteiger partial charge < -0.3 is 10.1 Å². The molecule has 3 N–H and O–H groups in total. The van der Waals surface area contributed by atoms with Gasteiger partial charge in [0, 0.05) is 0 Å². The lowest BCUT2D eigenvalue weighted by atomic mass is 10.2. The molecule has 0 spiro atoms. The van der Waals surface area contributed by atoms with Gasteiger partial charge in [-0.2, -0.15) is 0 Å². The number of amides is 2. The number of hydrogen-bond acceptors (Lipinski definition) is 4. The summed E-state index contributed by atoms with van der Waals surface area (Å²) < 4.78 is 4.92. The Morgan fingerprint density at radius 2 is 1.73 bits per heavy atom. The van der Waals surface area contributed by atoms with Crippen molar-refractivity contribution in [1.29, 1.82) is 0 Å². The number of likely N-dealkylation sites (N-methyl/N-ethyl adjacent to an activating group) is 1. The van der Waals surface area contributed by atoms with Gasteiger partial charge in [0.1, 0.15) is 5.60 Å². The number of hydrazine groups is 1. The predicted molar refractivity (Wildman–Crippen MR) is 56.0 cm³/mol. The van der Waals surface area contributed by atoms with E-state index >= 15 is 0 Å². The van der Waals surface area contributed by atoms with E-state index in [0.29, 0.717) is 0 Å². The van der Waals surface area contributed by atoms with Crippen molar-refractivity contribution in [2.24, 2.45) is 0 Å². The molecule has 0 heterocycles. The van der Waals surface area contributed by atoms with E-state index in [1.807, 2.05) is 0 Å². The molecule has 15 heavy (non-hydrogen) atoms. The van der Waals surface area contributed by atoms with E-state index in [4.69, 9.17) is 4.74 Å². The van der Waals surface area contributed by atoms with E-state index in [9.17, 15) is 9.59 Å². The van der Waals surface area contributed by atoms with Gasteiger partial charge in [0.2, 0.25) is 0 Å². The Kier molecular flexibility index (Phi) is 5.07. The molecule has 0 aliphatic heterocycles. The molecule has 88 valence electrons. The van der Waals surface area contributed by atoms with Crippen LogP contribution in [0.15, 0.2) is 0 Å². The SMILES string of the molecule is CNC(C)C(=O)NNC(=O)OC(C)(C)C. The summed E-state index contributed by atoms with van der Waals surface area (Å²) in [5.74, 6) is -0.330. The van der Waals surface area contributed by atoms with Gasteiger partial charge in [0.15, 0.2) is 0 Å². The van der Waals surface area contributed by atoms with Crippen LogP contribution in [0.5, 0.6) is 0 Å². The average molecular weight is 217 g/mol. The maximum atomic E-state index is 11.2. The van der Waals surface area contributed by atoms with E-state index in [-0.39, 0.29) is 11.9 Å². The lowest BCUT2D eigenvalue weighted by Crippen LogP contribution is -2.50. The van der Waals surface area contributed by atoms with Gasteiger partial charge in [-0.3, -0.25) is 10.2 Å². The number of hydrogen-bond donors (Lipinski definition) is 3. The highest BCUT2D eigenvalue weighted by Gasteiger charge is 2.17. The minimum atomic E-state index is -0.681. The molecule has 0 aromatic heterocycles. The normalized spacial score (nSPS) is 12.9. The second-order valence-electron chi connectivity index (χ2n) is 4.13. The molecule has 6 heteroatoms. The van der Waals surface area contributed by atoms with Crippen molar-refractivity contribution in [1.82, 2.24) is 16.2 Å². The Labute approximate surface area is 89.7 Å². The first-order chi connectivity index (χ1) is 6.76. The molecule has 0 radical (unpaired) electrons. The van der Waals surface area contributed by atoms with Crippen molar-refractivity contribution in [3.63, 3.8) is 0 Å². The molecule has 0 fully saturated rings. The Bertz CT molecular complexity index is 235. The van der Waals surface area contributed by atoms with Crippen LogP contribution in [0, 0.1) is 0 Å². The van der Waals surface area contributed by atoms with Crippen molar-refractivity contribution in [3.05, 3.63) is 0 Å². The zero-order chi connectivity index (χ0) is 12.1. The molecule has 1 atom stereocenters. The van der Waals surface area contributed by atoms with Gasteiger partial charge >= 0.3 is 6.09 Å². The van der Waals surface area contributed by atoms with Gasteiger partial charge in [-0.25, -0.2) is 10.2 Å². The minimum Gasteiger partial charge on any atom is -0.443 e. The third kappa shape index (κ3) is 6.73. The van der Waals surface area contributed by atoms with Crippen molar-refractivity contribution in [2.45, 2.75) is 39.3 Å². The van der Waals surface area contributed by atoms with Gasteiger partial charge in [-0.05, 0) is 34.7 Å². The molecule has 1 unspecified atom stereocenters. The first-order valence-corrected chi connectivity index (χ1v) is 4.72. The van der Waals surface area contributed by atoms with Crippen molar-refractivity contribution in [2.75, 3.05) is 7.05 Å². The Hall–Kier alpha value is -1.30. The smallest absolute Gasteiger partial charge is 0.426 e. The van der Waals surface area contributed by atoms with Crippen LogP contribution in [0.4, 0.5) is 4.79 Å². The van der Waals surface area contributed by atoms with Gasteiger partial charge in [0.25, 0.3) is 5.91 Å². The number of carbonyl (C=O) groups is 2. The summed E-state index contributed by atoms with van der Waals surface area (Å²) in [6, 6.07) is -0.375. The number of nitrogens with one attached hydrogen (secondary N) is 3. The minimum absolute atomic E-state index is 0.330. The Balaban J connectivity index is 3.87. The lowest BCUT2D eigenvalue weighted by molar-refractivity contribution is -0.123. The van der Waals surface area contributed by atoms with Crippen LogP contribution < -0.4 is 16.2 Å². The zero-order valence-electron chi connectivity index (χ0n) is 9.80. The van der Waals surface area contributed by atoms with Crippen LogP contribution in [0.2, 0.25) is 0 Å². The summed E-state index contributed by atoms with van der Waals surface area (Å²) in [5, 5.41) is 2.73. The third-order valence-electron chi connectivity index (χ3n) is 1.51. The second kappa shape index (κ2) is 5.55. The van der Waals surface area contributed by atoms with E-state index in [2.05, 4.69) is 16.2 Å². The van der Waals surface area contributed by atoms with E-state index in [0.717, 1.165) is 0 Å². The standard InChI is InChI=1S/C9H19N3O3/c1-6(10-5)7(13)11-12-8(14)15-9(2,3)4/h6,10H,1-5H3,(H,11,13)(H,12,14). The summed E-state index contributed by atoms with van der Waals surface area (Å²) in [5.41, 5.74) is 3.80. The summed E-state index contributed by atoms with van der Waals surface area (Å²) in [7, 11) is 1.65. The quantitative estimate of drug-likeness (QED) is 0.575. The monoisotopic (exact) mass is 217 g/mol. The largest absolute Gasteiger partial charge is 0.443 e. The fourth-order valence-electron chi connectivity index (χ4n) is 0.656. The first kappa shape index (κ1) is 13.7. The van der Waals surface area contributed by atoms with Gasteiger partial charge in [-0.15, -0.1) is 0 Å². The van der Waals surface area contributed by atoms with Crippen LogP contribution >= 0.6 is 0 Å². The summed E-state index contributed by atoms with van der Waals surface area (Å²) in [4.78, 5) is 22.3. The molecular weight excluding hydrogens is 198 g/mol. The van der Waals surface area contributed by atoms with Crippen LogP contribution in [-0.2, 0) is 9.53 Å². The van der Waals surface area contributed by atoms with Crippen molar-refractivity contribution in [3.8, 4) is 0 Å². The van der Waals surface area contributed by atoms with Crippen molar-refractivity contribution < 1.29 is 14.3 Å². The first-order valence-electron chi connectivity index (χ1n) is 4.72. The highest BCUT2D eigenvalue weighted by Crippen LogP contribution is 2.05.